The highest BCUT2D eigenvalue weighted by atomic mass is 15.0. The first-order valence-corrected chi connectivity index (χ1v) is 19.8. The lowest BCUT2D eigenvalue weighted by Crippen LogP contribution is -2.00. The Balaban J connectivity index is 1.07. The van der Waals surface area contributed by atoms with Crippen molar-refractivity contribution in [1.29, 1.82) is 0 Å². The van der Waals surface area contributed by atoms with Crippen LogP contribution in [0.1, 0.15) is 0 Å². The lowest BCUT2D eigenvalue weighted by molar-refractivity contribution is 1.07. The molecule has 0 aliphatic heterocycles. The number of para-hydroxylation sites is 3. The first kappa shape index (κ1) is 34.2. The van der Waals surface area contributed by atoms with Crippen molar-refractivity contribution >= 4 is 32.7 Å². The van der Waals surface area contributed by atoms with Crippen LogP contribution < -0.4 is 0 Å². The zero-order chi connectivity index (χ0) is 39.1. The van der Waals surface area contributed by atoms with Crippen LogP contribution in [0.2, 0.25) is 0 Å². The van der Waals surface area contributed by atoms with Gasteiger partial charge >= 0.3 is 0 Å². The summed E-state index contributed by atoms with van der Waals surface area (Å²) < 4.78 is 2.37. The van der Waals surface area contributed by atoms with E-state index in [0.29, 0.717) is 17.5 Å². The molecule has 276 valence electrons. The Morgan fingerprint density at radius 1 is 0.305 bits per heavy atom. The van der Waals surface area contributed by atoms with E-state index in [1.165, 1.54) is 0 Å². The lowest BCUT2D eigenvalue weighted by atomic mass is 10.0. The van der Waals surface area contributed by atoms with Gasteiger partial charge in [0.2, 0.25) is 0 Å². The number of nitrogens with zero attached hydrogens (tertiary/aromatic N) is 5. The maximum Gasteiger partial charge on any atom is 0.164 e. The van der Waals surface area contributed by atoms with Crippen LogP contribution in [0.3, 0.4) is 0 Å². The first-order valence-electron chi connectivity index (χ1n) is 19.8. The fourth-order valence-electron chi connectivity index (χ4n) is 8.21. The van der Waals surface area contributed by atoms with E-state index in [-0.39, 0.29) is 0 Å². The number of hydrogen-bond donors (Lipinski definition) is 0. The minimum atomic E-state index is 0.601. The molecule has 8 aromatic carbocycles. The third kappa shape index (κ3) is 6.22. The molecule has 0 atom stereocenters. The molecule has 0 saturated heterocycles. The molecule has 0 radical (unpaired) electrons. The van der Waals surface area contributed by atoms with Crippen LogP contribution in [0.4, 0.5) is 0 Å². The van der Waals surface area contributed by atoms with Gasteiger partial charge < -0.3 is 4.57 Å². The van der Waals surface area contributed by atoms with E-state index in [1.807, 2.05) is 12.1 Å². The molecule has 0 spiro atoms. The average Bonchev–Trinajstić information content (AvgIpc) is 3.68. The van der Waals surface area contributed by atoms with Crippen molar-refractivity contribution in [3.63, 3.8) is 0 Å². The molecule has 0 bridgehead atoms. The van der Waals surface area contributed by atoms with Gasteiger partial charge in [-0.3, -0.25) is 0 Å². The lowest BCUT2D eigenvalue weighted by Gasteiger charge is -2.12. The summed E-state index contributed by atoms with van der Waals surface area (Å²) in [5.74, 6) is 1.83. The number of fused-ring (bicyclic) bond motifs is 5. The second kappa shape index (κ2) is 14.5. The summed E-state index contributed by atoms with van der Waals surface area (Å²) in [5, 5.41) is 3.39. The highest BCUT2D eigenvalue weighted by molar-refractivity contribution is 6.22. The third-order valence-electron chi connectivity index (χ3n) is 11.0. The normalized spacial score (nSPS) is 11.4. The Bertz CT molecular complexity index is 3200. The second-order valence-electron chi connectivity index (χ2n) is 14.7. The molecule has 0 aliphatic carbocycles. The van der Waals surface area contributed by atoms with Gasteiger partial charge in [-0.1, -0.05) is 176 Å². The van der Waals surface area contributed by atoms with Gasteiger partial charge in [0.15, 0.2) is 17.5 Å². The molecule has 11 aromatic rings. The van der Waals surface area contributed by atoms with Crippen molar-refractivity contribution in [3.8, 4) is 73.4 Å². The summed E-state index contributed by atoms with van der Waals surface area (Å²) in [7, 11) is 0. The number of pyridine rings is 1. The molecule has 59 heavy (non-hydrogen) atoms. The highest BCUT2D eigenvalue weighted by Crippen LogP contribution is 2.41. The molecule has 0 aliphatic rings. The summed E-state index contributed by atoms with van der Waals surface area (Å²) in [6.07, 6.45) is 0. The molecule has 0 N–H and O–H groups in total. The van der Waals surface area contributed by atoms with Gasteiger partial charge in [0.05, 0.1) is 22.2 Å². The largest absolute Gasteiger partial charge is 0.308 e. The molecular formula is C54H35N5. The van der Waals surface area contributed by atoms with Crippen LogP contribution in [-0.4, -0.2) is 24.5 Å². The standard InChI is InChI=1S/C54H35N5/c1-4-16-36(17-5-1)40-20-14-22-42(34-40)53-56-52(57-54(58-53)43-23-15-21-41(35-43)37-18-6-2-7-19-37)39-32-30-38(31-33-39)50-49-46-27-11-13-29-48(46)59(44-24-8-3-9-25-44)51(49)45-26-10-12-28-47(45)55-50/h1-35H. The highest BCUT2D eigenvalue weighted by Gasteiger charge is 2.21. The smallest absolute Gasteiger partial charge is 0.164 e. The zero-order valence-electron chi connectivity index (χ0n) is 31.9. The Hall–Kier alpha value is -8.02. The van der Waals surface area contributed by atoms with E-state index in [2.05, 4.69) is 205 Å². The van der Waals surface area contributed by atoms with E-state index in [9.17, 15) is 0 Å². The van der Waals surface area contributed by atoms with Crippen molar-refractivity contribution in [2.24, 2.45) is 0 Å². The van der Waals surface area contributed by atoms with E-state index >= 15 is 0 Å². The van der Waals surface area contributed by atoms with Gasteiger partial charge in [0.1, 0.15) is 0 Å². The quantitative estimate of drug-likeness (QED) is 0.163. The Kier molecular flexibility index (Phi) is 8.41. The van der Waals surface area contributed by atoms with Gasteiger partial charge in [-0.25, -0.2) is 19.9 Å². The van der Waals surface area contributed by atoms with Crippen LogP contribution in [0, 0.1) is 0 Å². The van der Waals surface area contributed by atoms with Gasteiger partial charge in [0, 0.05) is 44.1 Å². The van der Waals surface area contributed by atoms with Crippen LogP contribution in [0.25, 0.3) is 106 Å². The maximum atomic E-state index is 5.35. The summed E-state index contributed by atoms with van der Waals surface area (Å²) in [5.41, 5.74) is 13.5. The van der Waals surface area contributed by atoms with Crippen molar-refractivity contribution in [2.45, 2.75) is 0 Å². The van der Waals surface area contributed by atoms with E-state index < -0.39 is 0 Å². The zero-order valence-corrected chi connectivity index (χ0v) is 31.9. The minimum absolute atomic E-state index is 0.601. The fourth-order valence-corrected chi connectivity index (χ4v) is 8.21. The van der Waals surface area contributed by atoms with Crippen LogP contribution in [0.15, 0.2) is 212 Å². The molecular weight excluding hydrogens is 719 g/mol. The number of rotatable bonds is 7. The second-order valence-corrected chi connectivity index (χ2v) is 14.7. The topological polar surface area (TPSA) is 56.5 Å². The average molecular weight is 754 g/mol. The van der Waals surface area contributed by atoms with Gasteiger partial charge in [-0.05, 0) is 58.7 Å². The predicted molar refractivity (Wildman–Crippen MR) is 242 cm³/mol. The van der Waals surface area contributed by atoms with Gasteiger partial charge in [-0.2, -0.15) is 0 Å². The van der Waals surface area contributed by atoms with Crippen molar-refractivity contribution in [3.05, 3.63) is 212 Å². The number of aromatic nitrogens is 5. The molecule has 0 unspecified atom stereocenters. The van der Waals surface area contributed by atoms with E-state index in [0.717, 1.165) is 88.6 Å². The Morgan fingerprint density at radius 3 is 1.37 bits per heavy atom. The first-order chi connectivity index (χ1) is 29.2. The molecule has 3 heterocycles. The minimum Gasteiger partial charge on any atom is -0.308 e. The van der Waals surface area contributed by atoms with Gasteiger partial charge in [-0.15, -0.1) is 0 Å². The summed E-state index contributed by atoms with van der Waals surface area (Å²) in [6.45, 7) is 0. The van der Waals surface area contributed by atoms with Crippen molar-refractivity contribution in [1.82, 2.24) is 24.5 Å². The van der Waals surface area contributed by atoms with E-state index in [4.69, 9.17) is 19.9 Å². The third-order valence-corrected chi connectivity index (χ3v) is 11.0. The fraction of sp³-hybridized carbons (Fsp3) is 0. The van der Waals surface area contributed by atoms with Crippen molar-refractivity contribution in [2.75, 3.05) is 0 Å². The SMILES string of the molecule is c1ccc(-c2cccc(-c3nc(-c4ccc(-c5nc6ccccc6c6c5c5ccccc5n6-c5ccccc5)cc4)nc(-c4cccc(-c5ccccc5)c4)n3)c2)cc1. The predicted octanol–water partition coefficient (Wildman–Crippen LogP) is 13.5. The van der Waals surface area contributed by atoms with Crippen LogP contribution >= 0.6 is 0 Å². The van der Waals surface area contributed by atoms with Crippen LogP contribution in [-0.2, 0) is 0 Å². The number of benzene rings is 8. The summed E-state index contributed by atoms with van der Waals surface area (Å²) >= 11 is 0. The Morgan fingerprint density at radius 2 is 0.763 bits per heavy atom. The monoisotopic (exact) mass is 753 g/mol. The maximum absolute atomic E-state index is 5.35. The number of hydrogen-bond acceptors (Lipinski definition) is 4. The molecule has 3 aromatic heterocycles. The molecule has 0 saturated carbocycles. The van der Waals surface area contributed by atoms with Crippen molar-refractivity contribution < 1.29 is 0 Å². The Labute approximate surface area is 341 Å². The summed E-state index contributed by atoms with van der Waals surface area (Å²) in [4.78, 5) is 20.8. The molecule has 5 heteroatoms. The van der Waals surface area contributed by atoms with Gasteiger partial charge in [0.25, 0.3) is 0 Å². The van der Waals surface area contributed by atoms with E-state index in [1.54, 1.807) is 0 Å². The summed E-state index contributed by atoms with van der Waals surface area (Å²) in [6, 6.07) is 73.8. The molecule has 5 nitrogen and oxygen atoms in total. The molecule has 0 amide bonds. The molecule has 11 rings (SSSR count). The van der Waals surface area contributed by atoms with Crippen LogP contribution in [0.5, 0.6) is 0 Å². The molecule has 0 fully saturated rings.